The molecule has 0 saturated heterocycles. The molecule has 0 spiro atoms. The minimum Gasteiger partial charge on any atom is -0.495 e. The Labute approximate surface area is 236 Å². The fourth-order valence-electron chi connectivity index (χ4n) is 5.40. The van der Waals surface area contributed by atoms with Gasteiger partial charge in [0.05, 0.1) is 24.3 Å². The number of nitrogens with one attached hydrogen (secondary N) is 3. The molecule has 1 fully saturated rings. The van der Waals surface area contributed by atoms with E-state index in [1.165, 1.54) is 7.11 Å². The largest absolute Gasteiger partial charge is 0.495 e. The highest BCUT2D eigenvalue weighted by molar-refractivity contribution is 6.00. The van der Waals surface area contributed by atoms with E-state index in [2.05, 4.69) is 20.6 Å². The number of carbonyl (C=O) groups excluding carboxylic acids is 1. The van der Waals surface area contributed by atoms with Gasteiger partial charge in [-0.15, -0.1) is 0 Å². The average molecular weight is 557 g/mol. The lowest BCUT2D eigenvalue weighted by atomic mass is 9.95. The summed E-state index contributed by atoms with van der Waals surface area (Å²) in [6, 6.07) is 9.07. The fraction of sp³-hybridized carbons (Fsp3) is 0.333. The molecule has 0 radical (unpaired) electrons. The number of rotatable bonds is 7. The van der Waals surface area contributed by atoms with Gasteiger partial charge in [0.25, 0.3) is 5.91 Å². The Morgan fingerprint density at radius 2 is 1.88 bits per heavy atom. The molecule has 6 rings (SSSR count). The van der Waals surface area contributed by atoms with Gasteiger partial charge in [-0.25, -0.2) is 4.98 Å². The maximum atomic E-state index is 12.1. The molecule has 212 valence electrons. The first kappa shape index (κ1) is 26.6. The highest BCUT2D eigenvalue weighted by atomic mass is 16.5. The van der Waals surface area contributed by atoms with E-state index in [-0.39, 0.29) is 18.1 Å². The third-order valence-corrected chi connectivity index (χ3v) is 7.56. The normalized spacial score (nSPS) is 17.1. The number of hydrogen-bond donors (Lipinski definition) is 4. The van der Waals surface area contributed by atoms with Gasteiger partial charge in [-0.2, -0.15) is 9.97 Å². The average Bonchev–Trinajstić information content (AvgIpc) is 3.58. The zero-order valence-corrected chi connectivity index (χ0v) is 23.4. The highest BCUT2D eigenvalue weighted by Crippen LogP contribution is 2.40. The van der Waals surface area contributed by atoms with Crippen LogP contribution in [0.3, 0.4) is 0 Å². The van der Waals surface area contributed by atoms with Crippen LogP contribution in [-0.2, 0) is 0 Å². The van der Waals surface area contributed by atoms with Crippen LogP contribution >= 0.6 is 0 Å². The highest BCUT2D eigenvalue weighted by Gasteiger charge is 2.25. The number of aryl methyl sites for hydroxylation is 2. The summed E-state index contributed by atoms with van der Waals surface area (Å²) in [6.07, 6.45) is 4.33. The van der Waals surface area contributed by atoms with Gasteiger partial charge >= 0.3 is 0 Å². The van der Waals surface area contributed by atoms with E-state index in [1.54, 1.807) is 25.2 Å². The van der Waals surface area contributed by atoms with Crippen molar-refractivity contribution in [2.45, 2.75) is 51.7 Å². The van der Waals surface area contributed by atoms with Crippen molar-refractivity contribution in [3.63, 3.8) is 0 Å². The maximum absolute atomic E-state index is 12.1. The van der Waals surface area contributed by atoms with Gasteiger partial charge in [-0.1, -0.05) is 6.07 Å². The van der Waals surface area contributed by atoms with E-state index in [4.69, 9.17) is 23.9 Å². The van der Waals surface area contributed by atoms with Crippen molar-refractivity contribution in [1.82, 2.24) is 25.3 Å². The van der Waals surface area contributed by atoms with Gasteiger partial charge in [0.15, 0.2) is 11.5 Å². The zero-order valence-electron chi connectivity index (χ0n) is 23.4. The molecule has 0 unspecified atom stereocenters. The molecule has 5 aromatic rings. The number of hydrogen-bond acceptors (Lipinski definition) is 9. The number of nitrogens with zero attached hydrogens (tertiary/aromatic N) is 3. The van der Waals surface area contributed by atoms with Crippen molar-refractivity contribution in [2.24, 2.45) is 0 Å². The number of aromatic amines is 1. The minimum atomic E-state index is -0.301. The smallest absolute Gasteiger partial charge is 0.251 e. The van der Waals surface area contributed by atoms with Crippen LogP contribution < -0.4 is 20.1 Å². The Bertz CT molecular complexity index is 1750. The van der Waals surface area contributed by atoms with Crippen molar-refractivity contribution in [3.05, 3.63) is 53.5 Å². The number of H-pyrrole nitrogens is 1. The number of aliphatic hydroxyl groups is 1. The molecular weight excluding hydrogens is 524 g/mol. The summed E-state index contributed by atoms with van der Waals surface area (Å²) in [4.78, 5) is 29.4. The van der Waals surface area contributed by atoms with Crippen LogP contribution in [0, 0.1) is 13.8 Å². The fourth-order valence-corrected chi connectivity index (χ4v) is 5.40. The first-order chi connectivity index (χ1) is 19.8. The van der Waals surface area contributed by atoms with E-state index in [0.717, 1.165) is 46.0 Å². The maximum Gasteiger partial charge on any atom is 0.251 e. The first-order valence-corrected chi connectivity index (χ1v) is 13.6. The van der Waals surface area contributed by atoms with E-state index < -0.39 is 0 Å². The molecule has 4 N–H and O–H groups in total. The van der Waals surface area contributed by atoms with Gasteiger partial charge < -0.3 is 34.6 Å². The molecule has 1 aliphatic rings. The van der Waals surface area contributed by atoms with Gasteiger partial charge in [-0.05, 0) is 62.4 Å². The number of ether oxygens (including phenoxy) is 2. The van der Waals surface area contributed by atoms with Crippen LogP contribution in [0.25, 0.3) is 33.3 Å². The van der Waals surface area contributed by atoms with Crippen molar-refractivity contribution in [2.75, 3.05) is 19.5 Å². The molecule has 3 aromatic heterocycles. The summed E-state index contributed by atoms with van der Waals surface area (Å²) in [7, 11) is 3.12. The standard InChI is InChI=1S/C30H32N6O5/c1-15-20(10-12-23-26(15)40-16(2)33-23)21-14-32-27-25(21)29(41-19-8-6-18(37)7-9-19)36-30(35-27)34-22-11-5-17(28(38)31-3)13-24(22)39-4/h5,10-14,18-19,37H,6-9H2,1-4H3,(H,31,38)(H2,32,34,35,36). The monoisotopic (exact) mass is 556 g/mol. The van der Waals surface area contributed by atoms with Gasteiger partial charge in [-0.3, -0.25) is 4.79 Å². The number of aliphatic hydroxyl groups excluding tert-OH is 1. The lowest BCUT2D eigenvalue weighted by Gasteiger charge is -2.26. The van der Waals surface area contributed by atoms with Crippen molar-refractivity contribution >= 4 is 39.7 Å². The van der Waals surface area contributed by atoms with E-state index in [9.17, 15) is 9.90 Å². The Hall–Kier alpha value is -4.64. The molecule has 0 bridgehead atoms. The molecule has 3 heterocycles. The Balaban J connectivity index is 1.44. The minimum absolute atomic E-state index is 0.0889. The molecule has 11 nitrogen and oxygen atoms in total. The SMILES string of the molecule is CNC(=O)c1ccc(Nc2nc(OC3CCC(O)CC3)c3c(-c4ccc5nc(C)oc5c4C)c[nH]c3n2)c(OC)c1. The Kier molecular flexibility index (Phi) is 6.96. The number of benzene rings is 2. The van der Waals surface area contributed by atoms with Crippen LogP contribution in [-0.4, -0.2) is 57.3 Å². The third kappa shape index (κ3) is 5.04. The Morgan fingerprint density at radius 3 is 2.63 bits per heavy atom. The van der Waals surface area contributed by atoms with Crippen molar-refractivity contribution in [3.8, 4) is 22.8 Å². The van der Waals surface area contributed by atoms with Crippen LogP contribution in [0.2, 0.25) is 0 Å². The molecule has 1 aliphatic carbocycles. The van der Waals surface area contributed by atoms with Gasteiger partial charge in [0, 0.05) is 36.9 Å². The second-order valence-corrected chi connectivity index (χ2v) is 10.3. The number of fused-ring (bicyclic) bond motifs is 2. The molecule has 0 atom stereocenters. The second kappa shape index (κ2) is 10.7. The first-order valence-electron chi connectivity index (χ1n) is 13.6. The molecule has 1 amide bonds. The summed E-state index contributed by atoms with van der Waals surface area (Å²) in [5.74, 6) is 1.61. The molecule has 11 heteroatoms. The number of carbonyl (C=O) groups is 1. The predicted molar refractivity (Wildman–Crippen MR) is 155 cm³/mol. The lowest BCUT2D eigenvalue weighted by molar-refractivity contribution is 0.0652. The number of methoxy groups -OCH3 is 1. The Morgan fingerprint density at radius 1 is 1.07 bits per heavy atom. The molecule has 2 aromatic carbocycles. The third-order valence-electron chi connectivity index (χ3n) is 7.56. The number of oxazole rings is 1. The predicted octanol–water partition coefficient (Wildman–Crippen LogP) is 5.18. The van der Waals surface area contributed by atoms with E-state index >= 15 is 0 Å². The van der Waals surface area contributed by atoms with Gasteiger partial charge in [0.1, 0.15) is 23.0 Å². The van der Waals surface area contributed by atoms with Gasteiger partial charge in [0.2, 0.25) is 11.8 Å². The van der Waals surface area contributed by atoms with Crippen LogP contribution in [0.1, 0.15) is 47.5 Å². The van der Waals surface area contributed by atoms with Crippen molar-refractivity contribution in [1.29, 1.82) is 0 Å². The molecule has 41 heavy (non-hydrogen) atoms. The summed E-state index contributed by atoms with van der Waals surface area (Å²) < 4.78 is 18.0. The van der Waals surface area contributed by atoms with E-state index in [0.29, 0.717) is 53.2 Å². The number of aromatic nitrogens is 4. The molecular formula is C30H32N6O5. The number of amides is 1. The van der Waals surface area contributed by atoms with E-state index in [1.807, 2.05) is 32.2 Å². The quantitative estimate of drug-likeness (QED) is 0.213. The van der Waals surface area contributed by atoms with Crippen LogP contribution in [0.4, 0.5) is 11.6 Å². The molecule has 0 aliphatic heterocycles. The summed E-state index contributed by atoms with van der Waals surface area (Å²) in [5.41, 5.74) is 6.01. The zero-order chi connectivity index (χ0) is 28.7. The topological polar surface area (TPSA) is 147 Å². The molecule has 1 saturated carbocycles. The van der Waals surface area contributed by atoms with Crippen LogP contribution in [0.5, 0.6) is 11.6 Å². The summed E-state index contributed by atoms with van der Waals surface area (Å²) in [6.45, 7) is 3.84. The summed E-state index contributed by atoms with van der Waals surface area (Å²) in [5, 5.41) is 16.6. The lowest BCUT2D eigenvalue weighted by Crippen LogP contribution is -2.27. The summed E-state index contributed by atoms with van der Waals surface area (Å²) >= 11 is 0. The van der Waals surface area contributed by atoms with Crippen molar-refractivity contribution < 1.29 is 23.8 Å². The number of anilines is 2. The van der Waals surface area contributed by atoms with Crippen LogP contribution in [0.15, 0.2) is 40.9 Å². The second-order valence-electron chi connectivity index (χ2n) is 10.3.